The van der Waals surface area contributed by atoms with Crippen molar-refractivity contribution >= 4 is 22.4 Å². The lowest BCUT2D eigenvalue weighted by molar-refractivity contribution is 0.603. The van der Waals surface area contributed by atoms with Gasteiger partial charge >= 0.3 is 0 Å². The quantitative estimate of drug-likeness (QED) is 0.396. The molecule has 0 radical (unpaired) electrons. The summed E-state index contributed by atoms with van der Waals surface area (Å²) in [6.45, 7) is 3.71. The third kappa shape index (κ3) is 4.35. The van der Waals surface area contributed by atoms with Crippen molar-refractivity contribution < 1.29 is 0 Å². The highest BCUT2D eigenvalue weighted by atomic mass is 15.3. The summed E-state index contributed by atoms with van der Waals surface area (Å²) >= 11 is 0. The molecule has 7 heteroatoms. The van der Waals surface area contributed by atoms with Gasteiger partial charge in [0.1, 0.15) is 0 Å². The molecule has 0 aliphatic carbocycles. The van der Waals surface area contributed by atoms with Crippen LogP contribution in [0.4, 0.5) is 11.5 Å². The molecule has 0 amide bonds. The molecule has 0 fully saturated rings. The number of aromatic nitrogens is 4. The van der Waals surface area contributed by atoms with E-state index in [1.54, 1.807) is 0 Å². The number of aryl methyl sites for hydroxylation is 1. The average molecular weight is 387 g/mol. The highest BCUT2D eigenvalue weighted by Gasteiger charge is 2.09. The van der Waals surface area contributed by atoms with Crippen LogP contribution in [0.2, 0.25) is 0 Å². The molecule has 4 aromatic rings. The van der Waals surface area contributed by atoms with Gasteiger partial charge in [0.25, 0.3) is 0 Å². The third-order valence-corrected chi connectivity index (χ3v) is 4.66. The fraction of sp³-hybridized carbons (Fsp3) is 0.227. The number of nitrogens with one attached hydrogen (secondary N) is 3. The summed E-state index contributed by atoms with van der Waals surface area (Å²) in [5.74, 6) is 0.784. The van der Waals surface area contributed by atoms with E-state index in [1.165, 1.54) is 5.56 Å². The van der Waals surface area contributed by atoms with Crippen LogP contribution in [0.15, 0.2) is 61.1 Å². The number of hydrogen-bond donors (Lipinski definition) is 3. The van der Waals surface area contributed by atoms with Crippen LogP contribution >= 0.6 is 0 Å². The van der Waals surface area contributed by atoms with Crippen LogP contribution in [0.1, 0.15) is 18.9 Å². The predicted octanol–water partition coefficient (Wildman–Crippen LogP) is 4.06. The van der Waals surface area contributed by atoms with E-state index in [0.717, 1.165) is 46.6 Å². The monoisotopic (exact) mass is 387 g/mol. The van der Waals surface area contributed by atoms with Gasteiger partial charge in [-0.05, 0) is 42.3 Å². The first-order valence-electron chi connectivity index (χ1n) is 9.81. The number of anilines is 2. The largest absolute Gasteiger partial charge is 0.364 e. The Balaban J connectivity index is 1.57. The number of pyridine rings is 2. The van der Waals surface area contributed by atoms with Crippen LogP contribution in [0.5, 0.6) is 0 Å². The summed E-state index contributed by atoms with van der Waals surface area (Å²) in [4.78, 5) is 9.21. The summed E-state index contributed by atoms with van der Waals surface area (Å²) < 4.78 is 1.95. The van der Waals surface area contributed by atoms with Crippen molar-refractivity contribution in [1.29, 1.82) is 0 Å². The van der Waals surface area contributed by atoms with Gasteiger partial charge in [-0.2, -0.15) is 5.10 Å². The Kier molecular flexibility index (Phi) is 5.67. The molecule has 7 nitrogen and oxygen atoms in total. The fourth-order valence-electron chi connectivity index (χ4n) is 3.26. The van der Waals surface area contributed by atoms with Gasteiger partial charge in [0, 0.05) is 43.5 Å². The van der Waals surface area contributed by atoms with Crippen molar-refractivity contribution in [3.63, 3.8) is 0 Å². The lowest BCUT2D eigenvalue weighted by Gasteiger charge is -2.14. The van der Waals surface area contributed by atoms with Crippen molar-refractivity contribution in [2.24, 2.45) is 0 Å². The average Bonchev–Trinajstić information content (AvgIpc) is 3.22. The fourth-order valence-corrected chi connectivity index (χ4v) is 3.26. The minimum absolute atomic E-state index is 0.661. The Morgan fingerprint density at radius 1 is 1.10 bits per heavy atom. The molecule has 3 N–H and O–H groups in total. The SMILES string of the molecule is CCCn1cc(-c2ccc(NNC)c(NCc3ccc4ncccc4c3)n2)cn1. The van der Waals surface area contributed by atoms with E-state index in [1.807, 2.05) is 54.6 Å². The van der Waals surface area contributed by atoms with Gasteiger partial charge < -0.3 is 10.7 Å². The molecule has 3 aromatic heterocycles. The lowest BCUT2D eigenvalue weighted by atomic mass is 10.1. The number of hydrazine groups is 1. The Morgan fingerprint density at radius 3 is 2.90 bits per heavy atom. The first-order chi connectivity index (χ1) is 14.3. The summed E-state index contributed by atoms with van der Waals surface area (Å²) in [7, 11) is 1.84. The zero-order chi connectivity index (χ0) is 20.1. The minimum atomic E-state index is 0.661. The van der Waals surface area contributed by atoms with Crippen LogP contribution in [0.3, 0.4) is 0 Å². The smallest absolute Gasteiger partial charge is 0.151 e. The molecule has 3 heterocycles. The standard InChI is InChI=1S/C22H25N7/c1-3-11-29-15-18(14-26-29)20-8-9-21(28-23-2)22(27-20)25-13-16-6-7-19-17(12-16)5-4-10-24-19/h4-10,12,14-15,23,28H,3,11,13H2,1-2H3,(H,25,27). The number of fused-ring (bicyclic) bond motifs is 1. The highest BCUT2D eigenvalue weighted by molar-refractivity contribution is 5.79. The zero-order valence-electron chi connectivity index (χ0n) is 16.7. The van der Waals surface area contributed by atoms with Gasteiger partial charge in [0.05, 0.1) is 23.1 Å². The molecular formula is C22H25N7. The predicted molar refractivity (Wildman–Crippen MR) is 118 cm³/mol. The molecule has 0 aliphatic rings. The van der Waals surface area contributed by atoms with E-state index >= 15 is 0 Å². The third-order valence-electron chi connectivity index (χ3n) is 4.66. The van der Waals surface area contributed by atoms with Crippen molar-refractivity contribution in [3.05, 3.63) is 66.6 Å². The van der Waals surface area contributed by atoms with Crippen molar-refractivity contribution in [3.8, 4) is 11.3 Å². The molecule has 29 heavy (non-hydrogen) atoms. The number of benzene rings is 1. The van der Waals surface area contributed by atoms with Gasteiger partial charge in [-0.15, -0.1) is 0 Å². The van der Waals surface area contributed by atoms with Gasteiger partial charge in [-0.1, -0.05) is 19.1 Å². The zero-order valence-corrected chi connectivity index (χ0v) is 16.7. The maximum Gasteiger partial charge on any atom is 0.151 e. The van der Waals surface area contributed by atoms with E-state index in [9.17, 15) is 0 Å². The van der Waals surface area contributed by atoms with E-state index in [-0.39, 0.29) is 0 Å². The van der Waals surface area contributed by atoms with E-state index in [4.69, 9.17) is 4.98 Å². The molecule has 0 unspecified atom stereocenters. The molecule has 4 rings (SSSR count). The van der Waals surface area contributed by atoms with E-state index in [2.05, 4.69) is 51.4 Å². The topological polar surface area (TPSA) is 79.7 Å². The molecule has 1 aromatic carbocycles. The highest BCUT2D eigenvalue weighted by Crippen LogP contribution is 2.25. The number of hydrogen-bond acceptors (Lipinski definition) is 6. The number of rotatable bonds is 8. The summed E-state index contributed by atoms with van der Waals surface area (Å²) in [6, 6.07) is 14.3. The minimum Gasteiger partial charge on any atom is -0.364 e. The Morgan fingerprint density at radius 2 is 2.03 bits per heavy atom. The van der Waals surface area contributed by atoms with Crippen LogP contribution in [-0.2, 0) is 13.1 Å². The second kappa shape index (κ2) is 8.70. The van der Waals surface area contributed by atoms with Gasteiger partial charge in [0.2, 0.25) is 0 Å². The molecule has 0 saturated carbocycles. The first kappa shape index (κ1) is 18.9. The van der Waals surface area contributed by atoms with E-state index < -0.39 is 0 Å². The maximum atomic E-state index is 4.83. The molecule has 0 spiro atoms. The number of nitrogens with zero attached hydrogens (tertiary/aromatic N) is 4. The second-order valence-corrected chi connectivity index (χ2v) is 6.84. The normalized spacial score (nSPS) is 11.0. The van der Waals surface area contributed by atoms with Crippen LogP contribution < -0.4 is 16.2 Å². The lowest BCUT2D eigenvalue weighted by Crippen LogP contribution is -2.17. The van der Waals surface area contributed by atoms with Crippen LogP contribution in [0, 0.1) is 0 Å². The Bertz CT molecular complexity index is 1100. The Hall–Kier alpha value is -3.45. The molecule has 0 saturated heterocycles. The van der Waals surface area contributed by atoms with Gasteiger partial charge in [-0.3, -0.25) is 9.67 Å². The van der Waals surface area contributed by atoms with Gasteiger partial charge in [0.15, 0.2) is 5.82 Å². The molecular weight excluding hydrogens is 362 g/mol. The van der Waals surface area contributed by atoms with E-state index in [0.29, 0.717) is 6.54 Å². The van der Waals surface area contributed by atoms with Crippen LogP contribution in [0.25, 0.3) is 22.2 Å². The first-order valence-corrected chi connectivity index (χ1v) is 9.81. The molecule has 148 valence electrons. The molecule has 0 atom stereocenters. The second-order valence-electron chi connectivity index (χ2n) is 6.84. The maximum absolute atomic E-state index is 4.83. The van der Waals surface area contributed by atoms with Crippen molar-refractivity contribution in [2.75, 3.05) is 17.8 Å². The van der Waals surface area contributed by atoms with Gasteiger partial charge in [-0.25, -0.2) is 10.4 Å². The summed E-state index contributed by atoms with van der Waals surface area (Å²) in [5.41, 5.74) is 11.1. The van der Waals surface area contributed by atoms with Crippen LogP contribution in [-0.4, -0.2) is 26.8 Å². The van der Waals surface area contributed by atoms with Crippen molar-refractivity contribution in [1.82, 2.24) is 25.2 Å². The summed E-state index contributed by atoms with van der Waals surface area (Å²) in [6.07, 6.45) is 6.77. The van der Waals surface area contributed by atoms with Crippen molar-refractivity contribution in [2.45, 2.75) is 26.4 Å². The molecule has 0 bridgehead atoms. The Labute approximate surface area is 170 Å². The summed E-state index contributed by atoms with van der Waals surface area (Å²) in [5, 5.41) is 9.01. The molecule has 0 aliphatic heterocycles.